The van der Waals surface area contributed by atoms with Crippen molar-refractivity contribution >= 4 is 16.9 Å². The monoisotopic (exact) mass is 457 g/mol. The fourth-order valence-electron chi connectivity index (χ4n) is 4.14. The van der Waals surface area contributed by atoms with E-state index in [4.69, 9.17) is 18.7 Å². The minimum Gasteiger partial charge on any atom is -0.444 e. The summed E-state index contributed by atoms with van der Waals surface area (Å²) < 4.78 is 34.3. The lowest BCUT2D eigenvalue weighted by molar-refractivity contribution is -0.0190. The molecule has 31 heavy (non-hydrogen) atoms. The molecule has 0 aromatic carbocycles. The molecule has 1 aromatic rings. The van der Waals surface area contributed by atoms with E-state index in [0.29, 0.717) is 24.8 Å². The predicted octanol–water partition coefficient (Wildman–Crippen LogP) is 3.02. The van der Waals surface area contributed by atoms with E-state index >= 15 is 0 Å². The summed E-state index contributed by atoms with van der Waals surface area (Å²) in [5.41, 5.74) is -0.491. The smallest absolute Gasteiger partial charge is 0.410 e. The molecular weight excluding hydrogens is 422 g/mol. The first kappa shape index (κ1) is 24.1. The normalized spacial score (nSPS) is 26.6. The van der Waals surface area contributed by atoms with Crippen LogP contribution in [0.25, 0.3) is 0 Å². The lowest BCUT2D eigenvalue weighted by Crippen LogP contribution is -2.43. The summed E-state index contributed by atoms with van der Waals surface area (Å²) in [6, 6.07) is 0. The van der Waals surface area contributed by atoms with Gasteiger partial charge in [-0.2, -0.15) is 4.98 Å². The van der Waals surface area contributed by atoms with Crippen LogP contribution in [0.4, 0.5) is 4.79 Å². The molecule has 0 radical (unpaired) electrons. The number of hydrogen-bond acceptors (Lipinski definition) is 8. The van der Waals surface area contributed by atoms with Crippen molar-refractivity contribution < 1.29 is 27.7 Å². The van der Waals surface area contributed by atoms with Gasteiger partial charge in [-0.15, -0.1) is 0 Å². The van der Waals surface area contributed by atoms with Gasteiger partial charge in [0.25, 0.3) is 0 Å². The van der Waals surface area contributed by atoms with Crippen molar-refractivity contribution in [2.24, 2.45) is 0 Å². The molecule has 1 aromatic heterocycles. The van der Waals surface area contributed by atoms with E-state index in [0.717, 1.165) is 32.1 Å². The summed E-state index contributed by atoms with van der Waals surface area (Å²) in [4.78, 5) is 18.4. The minimum absolute atomic E-state index is 0.0168. The van der Waals surface area contributed by atoms with Crippen LogP contribution >= 0.6 is 0 Å². The molecule has 0 bridgehead atoms. The van der Waals surface area contributed by atoms with Crippen molar-refractivity contribution in [3.63, 3.8) is 0 Å². The molecule has 2 aliphatic rings. The Balaban J connectivity index is 1.46. The van der Waals surface area contributed by atoms with E-state index in [-0.39, 0.29) is 36.1 Å². The van der Waals surface area contributed by atoms with E-state index in [1.807, 2.05) is 20.8 Å². The van der Waals surface area contributed by atoms with Crippen LogP contribution in [0, 0.1) is 0 Å². The third-order valence-corrected chi connectivity index (χ3v) is 7.23. The molecule has 9 nitrogen and oxygen atoms in total. The molecule has 10 heteroatoms. The number of rotatable bonds is 6. The Morgan fingerprint density at radius 1 is 1.23 bits per heavy atom. The summed E-state index contributed by atoms with van der Waals surface area (Å²) >= 11 is 0. The van der Waals surface area contributed by atoms with Gasteiger partial charge in [0, 0.05) is 42.5 Å². The second-order valence-electron chi connectivity index (χ2n) is 9.34. The number of carbonyl (C=O) groups excluding carboxylic acids is 1. The van der Waals surface area contributed by atoms with E-state index in [1.54, 1.807) is 18.3 Å². The zero-order valence-electron chi connectivity index (χ0n) is 19.2. The fourth-order valence-corrected chi connectivity index (χ4v) is 5.07. The molecule has 1 aliphatic carbocycles. The van der Waals surface area contributed by atoms with Gasteiger partial charge >= 0.3 is 6.09 Å². The van der Waals surface area contributed by atoms with Crippen molar-refractivity contribution in [2.75, 3.05) is 26.5 Å². The first-order valence-corrected chi connectivity index (χ1v) is 12.6. The van der Waals surface area contributed by atoms with E-state index in [9.17, 15) is 9.00 Å². The standard InChI is InChI=1S/C21H35N3O6S/c1-21(2,3)29-20(25)24-10-8-14(9-11-24)28-13-18-22-19(30-23-18)16-7-6-15(31(5)26)12-17(16)27-4/h14-17H,6-13H2,1-5H3. The average molecular weight is 458 g/mol. The van der Waals surface area contributed by atoms with Crippen LogP contribution in [0.15, 0.2) is 4.52 Å². The Bertz CT molecular complexity index is 757. The molecular formula is C21H35N3O6S. The highest BCUT2D eigenvalue weighted by atomic mass is 32.2. The molecule has 176 valence electrons. The molecule has 1 aliphatic heterocycles. The van der Waals surface area contributed by atoms with Gasteiger partial charge in [-0.25, -0.2) is 4.79 Å². The van der Waals surface area contributed by atoms with Crippen LogP contribution in [0.1, 0.15) is 70.5 Å². The summed E-state index contributed by atoms with van der Waals surface area (Å²) in [7, 11) is 0.813. The predicted molar refractivity (Wildman–Crippen MR) is 115 cm³/mol. The second kappa shape index (κ2) is 10.4. The maximum Gasteiger partial charge on any atom is 0.410 e. The van der Waals surface area contributed by atoms with E-state index < -0.39 is 16.4 Å². The lowest BCUT2D eigenvalue weighted by atomic mass is 9.86. The van der Waals surface area contributed by atoms with Crippen molar-refractivity contribution in [3.05, 3.63) is 11.7 Å². The SMILES string of the molecule is COC1CC(S(C)=O)CCC1c1nc(COC2CCN(C(=O)OC(C)(C)C)CC2)no1. The van der Waals surface area contributed by atoms with Gasteiger partial charge in [0.2, 0.25) is 5.89 Å². The van der Waals surface area contributed by atoms with Gasteiger partial charge in [-0.1, -0.05) is 5.16 Å². The number of methoxy groups -OCH3 is 1. The number of likely N-dealkylation sites (tertiary alicyclic amines) is 1. The van der Waals surface area contributed by atoms with Crippen molar-refractivity contribution in [1.29, 1.82) is 0 Å². The van der Waals surface area contributed by atoms with Crippen LogP contribution < -0.4 is 0 Å². The van der Waals surface area contributed by atoms with Gasteiger partial charge < -0.3 is 23.6 Å². The number of hydrogen-bond donors (Lipinski definition) is 0. The molecule has 2 heterocycles. The fraction of sp³-hybridized carbons (Fsp3) is 0.857. The zero-order valence-corrected chi connectivity index (χ0v) is 20.0. The average Bonchev–Trinajstić information content (AvgIpc) is 3.19. The summed E-state index contributed by atoms with van der Waals surface area (Å²) in [5, 5.41) is 4.22. The quantitative estimate of drug-likeness (QED) is 0.642. The number of carbonyl (C=O) groups is 1. The van der Waals surface area contributed by atoms with Gasteiger partial charge in [0.15, 0.2) is 5.82 Å². The van der Waals surface area contributed by atoms with Gasteiger partial charge in [0.1, 0.15) is 12.2 Å². The molecule has 1 saturated heterocycles. The highest BCUT2D eigenvalue weighted by molar-refractivity contribution is 7.84. The van der Waals surface area contributed by atoms with E-state index in [1.165, 1.54) is 0 Å². The third kappa shape index (κ3) is 6.73. The van der Waals surface area contributed by atoms with Crippen molar-refractivity contribution in [2.45, 2.75) is 88.5 Å². The molecule has 2 fully saturated rings. The number of piperidine rings is 1. The summed E-state index contributed by atoms with van der Waals surface area (Å²) in [6.07, 6.45) is 5.33. The number of nitrogens with zero attached hydrogens (tertiary/aromatic N) is 3. The van der Waals surface area contributed by atoms with Gasteiger partial charge in [-0.05, 0) is 52.9 Å². The van der Waals surface area contributed by atoms with Crippen LogP contribution in [-0.2, 0) is 31.6 Å². The van der Waals surface area contributed by atoms with Crippen LogP contribution in [0.3, 0.4) is 0 Å². The highest BCUT2D eigenvalue weighted by Gasteiger charge is 2.36. The topological polar surface area (TPSA) is 104 Å². The Hall–Kier alpha value is -1.52. The minimum atomic E-state index is -0.856. The lowest BCUT2D eigenvalue weighted by Gasteiger charge is -2.33. The number of aromatic nitrogens is 2. The Labute approximate surface area is 186 Å². The Kier molecular flexibility index (Phi) is 8.09. The first-order valence-electron chi connectivity index (χ1n) is 10.9. The maximum absolute atomic E-state index is 12.2. The summed E-state index contributed by atoms with van der Waals surface area (Å²) in [5.74, 6) is 1.09. The second-order valence-corrected chi connectivity index (χ2v) is 11.0. The third-order valence-electron chi connectivity index (χ3n) is 5.86. The van der Waals surface area contributed by atoms with E-state index in [2.05, 4.69) is 10.1 Å². The van der Waals surface area contributed by atoms with Crippen LogP contribution in [0.2, 0.25) is 0 Å². The Morgan fingerprint density at radius 3 is 2.55 bits per heavy atom. The molecule has 0 N–H and O–H groups in total. The van der Waals surface area contributed by atoms with Crippen molar-refractivity contribution in [1.82, 2.24) is 15.0 Å². The first-order chi connectivity index (χ1) is 14.7. The Morgan fingerprint density at radius 2 is 1.94 bits per heavy atom. The zero-order chi connectivity index (χ0) is 22.6. The number of amides is 1. The van der Waals surface area contributed by atoms with Gasteiger partial charge in [-0.3, -0.25) is 4.21 Å². The highest BCUT2D eigenvalue weighted by Crippen LogP contribution is 2.35. The maximum atomic E-state index is 12.2. The van der Waals surface area contributed by atoms with Crippen LogP contribution in [0.5, 0.6) is 0 Å². The largest absolute Gasteiger partial charge is 0.444 e. The van der Waals surface area contributed by atoms with Crippen LogP contribution in [-0.4, -0.2) is 74.9 Å². The molecule has 3 rings (SSSR count). The molecule has 4 unspecified atom stereocenters. The summed E-state index contributed by atoms with van der Waals surface area (Å²) in [6.45, 7) is 7.08. The molecule has 0 spiro atoms. The molecule has 1 saturated carbocycles. The number of ether oxygens (including phenoxy) is 3. The molecule has 1 amide bonds. The van der Waals surface area contributed by atoms with Gasteiger partial charge in [0.05, 0.1) is 18.1 Å². The van der Waals surface area contributed by atoms with Crippen molar-refractivity contribution in [3.8, 4) is 0 Å². The molecule has 4 atom stereocenters.